The molecule has 1 atom stereocenters. The molecule has 0 spiro atoms. The number of amides is 2. The van der Waals surface area contributed by atoms with Gasteiger partial charge < -0.3 is 0 Å². The lowest BCUT2D eigenvalue weighted by atomic mass is 10.1. The van der Waals surface area contributed by atoms with E-state index in [1.165, 1.54) is 4.90 Å². The molecule has 1 heterocycles. The lowest BCUT2D eigenvalue weighted by Gasteiger charge is -2.27. The van der Waals surface area contributed by atoms with Crippen LogP contribution in [-0.4, -0.2) is 22.1 Å². The molecule has 0 N–H and O–H groups in total. The Morgan fingerprint density at radius 1 is 1.36 bits per heavy atom. The molecular weight excluding hydrogens is 162 g/mol. The van der Waals surface area contributed by atoms with Crippen molar-refractivity contribution in [2.24, 2.45) is 0 Å². The molecule has 0 radical (unpaired) electrons. The summed E-state index contributed by atoms with van der Waals surface area (Å²) in [6, 6.07) is 0. The van der Waals surface area contributed by atoms with Gasteiger partial charge in [-0.25, -0.2) is 0 Å². The first-order chi connectivity index (χ1) is 5.13. The standard InChI is InChI=1S/C7H11NO2S/c1-5(11)8-6(9)3-2-4-7(8)10/h5,11H,2-4H2,1H3. The fourth-order valence-electron chi connectivity index (χ4n) is 1.19. The fourth-order valence-corrected chi connectivity index (χ4v) is 1.45. The molecule has 1 rings (SSSR count). The van der Waals surface area contributed by atoms with Gasteiger partial charge in [0, 0.05) is 12.8 Å². The number of nitrogens with zero attached hydrogens (tertiary/aromatic N) is 1. The molecule has 0 bridgehead atoms. The Kier molecular flexibility index (Phi) is 2.54. The minimum atomic E-state index is -0.282. The van der Waals surface area contributed by atoms with Crippen LogP contribution in [0.25, 0.3) is 0 Å². The first-order valence-corrected chi connectivity index (χ1v) is 4.17. The lowest BCUT2D eigenvalue weighted by Crippen LogP contribution is -2.43. The van der Waals surface area contributed by atoms with Gasteiger partial charge in [0.1, 0.15) is 0 Å². The van der Waals surface area contributed by atoms with Crippen LogP contribution in [0.4, 0.5) is 0 Å². The molecule has 1 unspecified atom stereocenters. The van der Waals surface area contributed by atoms with Gasteiger partial charge in [-0.15, -0.1) is 0 Å². The van der Waals surface area contributed by atoms with Crippen molar-refractivity contribution < 1.29 is 9.59 Å². The van der Waals surface area contributed by atoms with E-state index in [0.29, 0.717) is 19.3 Å². The largest absolute Gasteiger partial charge is 0.274 e. The highest BCUT2D eigenvalue weighted by atomic mass is 32.1. The van der Waals surface area contributed by atoms with Gasteiger partial charge in [-0.3, -0.25) is 14.5 Å². The molecule has 1 aliphatic rings. The van der Waals surface area contributed by atoms with Gasteiger partial charge in [0.25, 0.3) is 0 Å². The second-order valence-corrected chi connectivity index (χ2v) is 3.39. The smallest absolute Gasteiger partial charge is 0.230 e. The molecule has 0 aliphatic carbocycles. The highest BCUT2D eigenvalue weighted by Crippen LogP contribution is 2.16. The number of carbonyl (C=O) groups excluding carboxylic acids is 2. The van der Waals surface area contributed by atoms with E-state index in [0.717, 1.165) is 0 Å². The molecular formula is C7H11NO2S. The Morgan fingerprint density at radius 3 is 2.09 bits per heavy atom. The van der Waals surface area contributed by atoms with Gasteiger partial charge in [-0.1, -0.05) is 0 Å². The Bertz CT molecular complexity index is 175. The average molecular weight is 173 g/mol. The number of imide groups is 1. The van der Waals surface area contributed by atoms with Crippen molar-refractivity contribution in [3.63, 3.8) is 0 Å². The molecule has 0 aromatic rings. The fraction of sp³-hybridized carbons (Fsp3) is 0.714. The lowest BCUT2D eigenvalue weighted by molar-refractivity contribution is -0.148. The zero-order valence-electron chi connectivity index (χ0n) is 6.41. The first kappa shape index (κ1) is 8.59. The molecule has 11 heavy (non-hydrogen) atoms. The van der Waals surface area contributed by atoms with Gasteiger partial charge in [-0.05, 0) is 13.3 Å². The quantitative estimate of drug-likeness (QED) is 0.470. The molecule has 0 aromatic heterocycles. The topological polar surface area (TPSA) is 37.4 Å². The van der Waals surface area contributed by atoms with Crippen LogP contribution in [0, 0.1) is 0 Å². The van der Waals surface area contributed by atoms with E-state index < -0.39 is 0 Å². The predicted molar refractivity (Wildman–Crippen MR) is 44.2 cm³/mol. The van der Waals surface area contributed by atoms with Crippen molar-refractivity contribution in [2.45, 2.75) is 31.6 Å². The summed E-state index contributed by atoms with van der Waals surface area (Å²) in [6.07, 6.45) is 1.65. The molecule has 0 aromatic carbocycles. The molecule has 4 heteroatoms. The first-order valence-electron chi connectivity index (χ1n) is 3.66. The van der Waals surface area contributed by atoms with Crippen LogP contribution in [0.15, 0.2) is 0 Å². The number of hydrogen-bond acceptors (Lipinski definition) is 3. The third-order valence-electron chi connectivity index (χ3n) is 1.69. The van der Waals surface area contributed by atoms with Gasteiger partial charge in [0.05, 0.1) is 5.37 Å². The second kappa shape index (κ2) is 3.26. The SMILES string of the molecule is CC(S)N1C(=O)CCCC1=O. The van der Waals surface area contributed by atoms with E-state index in [1.807, 2.05) is 0 Å². The zero-order valence-corrected chi connectivity index (χ0v) is 7.30. The van der Waals surface area contributed by atoms with Gasteiger partial charge in [0.15, 0.2) is 0 Å². The summed E-state index contributed by atoms with van der Waals surface area (Å²) < 4.78 is 0. The third kappa shape index (κ3) is 1.74. The number of likely N-dealkylation sites (tertiary alicyclic amines) is 1. The summed E-state index contributed by atoms with van der Waals surface area (Å²) in [4.78, 5) is 23.4. The van der Waals surface area contributed by atoms with E-state index >= 15 is 0 Å². The summed E-state index contributed by atoms with van der Waals surface area (Å²) in [5, 5.41) is -0.282. The van der Waals surface area contributed by atoms with E-state index in [1.54, 1.807) is 6.92 Å². The summed E-state index contributed by atoms with van der Waals surface area (Å²) in [5.74, 6) is -0.187. The molecule has 1 aliphatic heterocycles. The third-order valence-corrected chi connectivity index (χ3v) is 1.92. The Hall–Kier alpha value is -0.510. The Labute approximate surface area is 71.2 Å². The summed E-state index contributed by atoms with van der Waals surface area (Å²) in [5.41, 5.74) is 0. The Morgan fingerprint density at radius 2 is 1.82 bits per heavy atom. The van der Waals surface area contributed by atoms with Crippen LogP contribution in [0.2, 0.25) is 0 Å². The van der Waals surface area contributed by atoms with Crippen LogP contribution in [-0.2, 0) is 9.59 Å². The molecule has 0 saturated carbocycles. The number of rotatable bonds is 1. The minimum Gasteiger partial charge on any atom is -0.274 e. The van der Waals surface area contributed by atoms with Gasteiger partial charge in [-0.2, -0.15) is 12.6 Å². The van der Waals surface area contributed by atoms with Crippen molar-refractivity contribution in [1.29, 1.82) is 0 Å². The maximum atomic E-state index is 11.1. The van der Waals surface area contributed by atoms with E-state index in [2.05, 4.69) is 12.6 Å². The maximum Gasteiger partial charge on any atom is 0.230 e. The highest BCUT2D eigenvalue weighted by Gasteiger charge is 2.27. The van der Waals surface area contributed by atoms with E-state index in [4.69, 9.17) is 0 Å². The van der Waals surface area contributed by atoms with Crippen molar-refractivity contribution in [3.8, 4) is 0 Å². The number of piperidine rings is 1. The van der Waals surface area contributed by atoms with Gasteiger partial charge in [0.2, 0.25) is 11.8 Å². The molecule has 1 fully saturated rings. The van der Waals surface area contributed by atoms with Crippen LogP contribution in [0.5, 0.6) is 0 Å². The van der Waals surface area contributed by atoms with Crippen LogP contribution in [0.1, 0.15) is 26.2 Å². The summed E-state index contributed by atoms with van der Waals surface area (Å²) in [6.45, 7) is 1.73. The summed E-state index contributed by atoms with van der Waals surface area (Å²) in [7, 11) is 0. The number of hydrogen-bond donors (Lipinski definition) is 1. The predicted octanol–water partition coefficient (Wildman–Crippen LogP) is 0.801. The van der Waals surface area contributed by atoms with Crippen molar-refractivity contribution in [1.82, 2.24) is 4.90 Å². The molecule has 3 nitrogen and oxygen atoms in total. The van der Waals surface area contributed by atoms with E-state index in [9.17, 15) is 9.59 Å². The normalized spacial score (nSPS) is 22.2. The molecule has 1 saturated heterocycles. The van der Waals surface area contributed by atoms with Crippen molar-refractivity contribution in [3.05, 3.63) is 0 Å². The van der Waals surface area contributed by atoms with E-state index in [-0.39, 0.29) is 17.2 Å². The summed E-state index contributed by atoms with van der Waals surface area (Å²) >= 11 is 4.04. The van der Waals surface area contributed by atoms with Crippen LogP contribution in [0.3, 0.4) is 0 Å². The van der Waals surface area contributed by atoms with Crippen LogP contribution < -0.4 is 0 Å². The highest BCUT2D eigenvalue weighted by molar-refractivity contribution is 7.80. The Balaban J connectivity index is 2.71. The number of thiol groups is 1. The average Bonchev–Trinajstić information content (AvgIpc) is 1.85. The molecule has 62 valence electrons. The van der Waals surface area contributed by atoms with Gasteiger partial charge >= 0.3 is 0 Å². The van der Waals surface area contributed by atoms with Crippen LogP contribution >= 0.6 is 12.6 Å². The number of carbonyl (C=O) groups is 2. The minimum absolute atomic E-state index is 0.0937. The zero-order chi connectivity index (χ0) is 8.43. The maximum absolute atomic E-state index is 11.1. The van der Waals surface area contributed by atoms with Crippen molar-refractivity contribution >= 4 is 24.4 Å². The monoisotopic (exact) mass is 173 g/mol. The van der Waals surface area contributed by atoms with Crippen molar-refractivity contribution in [2.75, 3.05) is 0 Å². The molecule has 2 amide bonds. The second-order valence-electron chi connectivity index (χ2n) is 2.64.